The van der Waals surface area contributed by atoms with E-state index in [9.17, 15) is 4.79 Å². The molecule has 3 aliphatic rings. The fraction of sp³-hybridized carbons (Fsp3) is 0.667. The van der Waals surface area contributed by atoms with Gasteiger partial charge in [-0.3, -0.25) is 9.69 Å². The second-order valence-electron chi connectivity index (χ2n) is 8.17. The molecular weight excluding hydrogens is 362 g/mol. The zero-order chi connectivity index (χ0) is 18.6. The molecule has 6 heteroatoms. The number of morpholine rings is 1. The van der Waals surface area contributed by atoms with Crippen LogP contribution in [0.5, 0.6) is 0 Å². The van der Waals surface area contributed by atoms with Crippen molar-refractivity contribution >= 4 is 17.5 Å². The highest BCUT2D eigenvalue weighted by atomic mass is 35.5. The minimum Gasteiger partial charge on any atom is -0.379 e. The van der Waals surface area contributed by atoms with Gasteiger partial charge in [0.2, 0.25) is 5.91 Å². The third-order valence-electron chi connectivity index (χ3n) is 6.29. The second kappa shape index (κ2) is 8.91. The Morgan fingerprint density at radius 2 is 1.93 bits per heavy atom. The molecule has 1 aromatic carbocycles. The largest absolute Gasteiger partial charge is 0.379 e. The molecule has 3 heterocycles. The maximum atomic E-state index is 12.6. The van der Waals surface area contributed by atoms with Crippen LogP contribution < -0.4 is 10.6 Å². The summed E-state index contributed by atoms with van der Waals surface area (Å²) in [6, 6.07) is 9.32. The van der Waals surface area contributed by atoms with Gasteiger partial charge in [0.1, 0.15) is 0 Å². The fourth-order valence-corrected chi connectivity index (χ4v) is 5.22. The van der Waals surface area contributed by atoms with E-state index in [0.29, 0.717) is 31.0 Å². The van der Waals surface area contributed by atoms with E-state index < -0.39 is 0 Å². The van der Waals surface area contributed by atoms with Crippen molar-refractivity contribution in [2.75, 3.05) is 32.8 Å². The van der Waals surface area contributed by atoms with Crippen molar-refractivity contribution in [1.29, 1.82) is 0 Å². The van der Waals surface area contributed by atoms with Gasteiger partial charge in [0.05, 0.1) is 19.3 Å². The molecule has 3 aliphatic heterocycles. The van der Waals surface area contributed by atoms with Gasteiger partial charge in [0.15, 0.2) is 0 Å². The van der Waals surface area contributed by atoms with Gasteiger partial charge < -0.3 is 15.4 Å². The van der Waals surface area contributed by atoms with Crippen LogP contribution in [-0.2, 0) is 9.53 Å². The molecule has 0 radical (unpaired) electrons. The minimum atomic E-state index is 0.0933. The second-order valence-corrected chi connectivity index (χ2v) is 8.58. The molecular formula is C21H30ClN3O2. The number of carbonyl (C=O) groups is 1. The number of rotatable bonds is 6. The molecule has 2 N–H and O–H groups in total. The summed E-state index contributed by atoms with van der Waals surface area (Å²) in [5, 5.41) is 7.61. The van der Waals surface area contributed by atoms with Crippen LogP contribution in [0.1, 0.15) is 43.7 Å². The van der Waals surface area contributed by atoms with Crippen molar-refractivity contribution in [3.63, 3.8) is 0 Å². The van der Waals surface area contributed by atoms with E-state index in [-0.39, 0.29) is 11.9 Å². The number of nitrogens with one attached hydrogen (secondary N) is 2. The number of fused-ring (bicyclic) bond motifs is 2. The maximum Gasteiger partial charge on any atom is 0.220 e. The molecule has 5 nitrogen and oxygen atoms in total. The first-order valence-electron chi connectivity index (χ1n) is 10.3. The zero-order valence-electron chi connectivity index (χ0n) is 15.8. The average molecular weight is 392 g/mol. The van der Waals surface area contributed by atoms with Crippen LogP contribution in [-0.4, -0.2) is 55.7 Å². The number of benzene rings is 1. The number of hydrogen-bond acceptors (Lipinski definition) is 4. The highest BCUT2D eigenvalue weighted by Gasteiger charge is 2.34. The number of halogens is 1. The molecule has 27 heavy (non-hydrogen) atoms. The smallest absolute Gasteiger partial charge is 0.220 e. The van der Waals surface area contributed by atoms with Gasteiger partial charge in [0, 0.05) is 43.2 Å². The summed E-state index contributed by atoms with van der Waals surface area (Å²) in [4.78, 5) is 15.0. The summed E-state index contributed by atoms with van der Waals surface area (Å²) in [6.45, 7) is 3.78. The van der Waals surface area contributed by atoms with Gasteiger partial charge >= 0.3 is 0 Å². The minimum absolute atomic E-state index is 0.0933. The van der Waals surface area contributed by atoms with Crippen LogP contribution in [0.15, 0.2) is 24.3 Å². The van der Waals surface area contributed by atoms with E-state index in [1.54, 1.807) is 0 Å². The molecule has 3 saturated heterocycles. The van der Waals surface area contributed by atoms with Crippen LogP contribution in [0.3, 0.4) is 0 Å². The number of amides is 1. The molecule has 3 fully saturated rings. The molecule has 2 bridgehead atoms. The van der Waals surface area contributed by atoms with Crippen molar-refractivity contribution in [2.24, 2.45) is 5.92 Å². The molecule has 1 aromatic rings. The standard InChI is InChI=1S/C21H30ClN3O2/c22-19-4-2-1-3-18(19)20(25-7-9-27-10-8-25)14-23-21(26)13-15-11-16-5-6-17(12-15)24-16/h1-4,15-17,20,24H,5-14H2,(H,23,26). The van der Waals surface area contributed by atoms with Crippen molar-refractivity contribution in [3.8, 4) is 0 Å². The molecule has 148 valence electrons. The van der Waals surface area contributed by atoms with Crippen molar-refractivity contribution < 1.29 is 9.53 Å². The lowest BCUT2D eigenvalue weighted by Crippen LogP contribution is -2.44. The van der Waals surface area contributed by atoms with Crippen LogP contribution in [0, 0.1) is 5.92 Å². The number of piperidine rings is 1. The quantitative estimate of drug-likeness (QED) is 0.782. The van der Waals surface area contributed by atoms with Crippen molar-refractivity contribution in [3.05, 3.63) is 34.9 Å². The normalized spacial score (nSPS) is 29.4. The maximum absolute atomic E-state index is 12.6. The summed E-state index contributed by atoms with van der Waals surface area (Å²) in [6.07, 6.45) is 5.47. The summed E-state index contributed by atoms with van der Waals surface area (Å²) in [5.74, 6) is 0.692. The average Bonchev–Trinajstić information content (AvgIpc) is 3.02. The van der Waals surface area contributed by atoms with Crippen LogP contribution in [0.4, 0.5) is 0 Å². The molecule has 0 saturated carbocycles. The van der Waals surface area contributed by atoms with E-state index in [4.69, 9.17) is 16.3 Å². The predicted molar refractivity (Wildman–Crippen MR) is 107 cm³/mol. The van der Waals surface area contributed by atoms with E-state index >= 15 is 0 Å². The van der Waals surface area contributed by atoms with Gasteiger partial charge in [-0.1, -0.05) is 29.8 Å². The van der Waals surface area contributed by atoms with Crippen LogP contribution in [0.25, 0.3) is 0 Å². The number of nitrogens with zero attached hydrogens (tertiary/aromatic N) is 1. The molecule has 0 spiro atoms. The fourth-order valence-electron chi connectivity index (χ4n) is 4.96. The number of carbonyl (C=O) groups excluding carboxylic acids is 1. The first-order chi connectivity index (χ1) is 13.2. The Kier molecular flexibility index (Phi) is 6.33. The highest BCUT2D eigenvalue weighted by molar-refractivity contribution is 6.31. The van der Waals surface area contributed by atoms with Crippen molar-refractivity contribution in [1.82, 2.24) is 15.5 Å². The summed E-state index contributed by atoms with van der Waals surface area (Å²) < 4.78 is 5.50. The van der Waals surface area contributed by atoms with Gasteiger partial charge in [-0.15, -0.1) is 0 Å². The highest BCUT2D eigenvalue weighted by Crippen LogP contribution is 2.33. The first kappa shape index (κ1) is 19.2. The SMILES string of the molecule is O=C(CC1CC2CCC(C1)N2)NCC(c1ccccc1Cl)N1CCOCC1. The Labute approximate surface area is 166 Å². The number of hydrogen-bond donors (Lipinski definition) is 2. The first-order valence-corrected chi connectivity index (χ1v) is 10.7. The third-order valence-corrected chi connectivity index (χ3v) is 6.63. The van der Waals surface area contributed by atoms with Gasteiger partial charge in [-0.25, -0.2) is 0 Å². The Morgan fingerprint density at radius 1 is 1.22 bits per heavy atom. The Morgan fingerprint density at radius 3 is 2.63 bits per heavy atom. The summed E-state index contributed by atoms with van der Waals surface area (Å²) in [5.41, 5.74) is 1.08. The van der Waals surface area contributed by atoms with Crippen molar-refractivity contribution in [2.45, 2.75) is 50.2 Å². The lowest BCUT2D eigenvalue weighted by Gasteiger charge is -2.35. The topological polar surface area (TPSA) is 53.6 Å². The molecule has 1 amide bonds. The monoisotopic (exact) mass is 391 g/mol. The third kappa shape index (κ3) is 4.83. The van der Waals surface area contributed by atoms with Gasteiger partial charge in [0.25, 0.3) is 0 Å². The Hall–Kier alpha value is -1.14. The Balaban J connectivity index is 1.36. The summed E-state index contributed by atoms with van der Waals surface area (Å²) >= 11 is 6.47. The zero-order valence-corrected chi connectivity index (χ0v) is 16.6. The van der Waals surface area contributed by atoms with E-state index in [0.717, 1.165) is 49.7 Å². The number of ether oxygens (including phenoxy) is 1. The predicted octanol–water partition coefficient (Wildman–Crippen LogP) is 2.75. The van der Waals surface area contributed by atoms with Gasteiger partial charge in [-0.05, 0) is 43.2 Å². The van der Waals surface area contributed by atoms with Crippen LogP contribution >= 0.6 is 11.6 Å². The summed E-state index contributed by atoms with van der Waals surface area (Å²) in [7, 11) is 0. The van der Waals surface area contributed by atoms with Gasteiger partial charge in [-0.2, -0.15) is 0 Å². The molecule has 0 aliphatic carbocycles. The van der Waals surface area contributed by atoms with E-state index in [2.05, 4.69) is 21.6 Å². The lowest BCUT2D eigenvalue weighted by atomic mass is 9.89. The molecule has 4 rings (SSSR count). The Bertz CT molecular complexity index is 638. The van der Waals surface area contributed by atoms with E-state index in [1.165, 1.54) is 12.8 Å². The van der Waals surface area contributed by atoms with E-state index in [1.807, 2.05) is 18.2 Å². The molecule has 0 aromatic heterocycles. The van der Waals surface area contributed by atoms with Crippen LogP contribution in [0.2, 0.25) is 5.02 Å². The molecule has 3 atom stereocenters. The lowest BCUT2D eigenvalue weighted by molar-refractivity contribution is -0.122. The molecule has 3 unspecified atom stereocenters.